The van der Waals surface area contributed by atoms with Crippen molar-refractivity contribution in [2.45, 2.75) is 38.8 Å². The summed E-state index contributed by atoms with van der Waals surface area (Å²) in [5.74, 6) is -1.13. The number of halogens is 2. The number of carbonyl (C=O) groups excluding carboxylic acids is 1. The molecule has 5 nitrogen and oxygen atoms in total. The van der Waals surface area contributed by atoms with Crippen LogP contribution in [0, 0.1) is 0 Å². The molecule has 2 unspecified atom stereocenters. The Kier molecular flexibility index (Phi) is 6.04. The van der Waals surface area contributed by atoms with Crippen molar-refractivity contribution in [2.24, 2.45) is 0 Å². The number of hydrogen-bond donors (Lipinski definition) is 2. The van der Waals surface area contributed by atoms with Gasteiger partial charge in [0.25, 0.3) is 5.91 Å². The summed E-state index contributed by atoms with van der Waals surface area (Å²) >= 11 is 9.11. The highest BCUT2D eigenvalue weighted by molar-refractivity contribution is 9.10. The van der Waals surface area contributed by atoms with E-state index in [1.165, 1.54) is 6.92 Å². The number of hydrogen-bond acceptors (Lipinski definition) is 3. The molecule has 0 radical (unpaired) electrons. The van der Waals surface area contributed by atoms with Gasteiger partial charge in [0.15, 0.2) is 6.10 Å². The summed E-state index contributed by atoms with van der Waals surface area (Å²) in [4.78, 5) is 23.2. The van der Waals surface area contributed by atoms with Crippen molar-refractivity contribution in [1.29, 1.82) is 0 Å². The monoisotopic (exact) mass is 377 g/mol. The first-order valence-corrected chi connectivity index (χ1v) is 7.54. The van der Waals surface area contributed by atoms with Crippen LogP contribution in [-0.4, -0.2) is 28.6 Å². The van der Waals surface area contributed by atoms with E-state index in [1.807, 2.05) is 0 Å². The third kappa shape index (κ3) is 4.61. The lowest BCUT2D eigenvalue weighted by Gasteiger charge is -2.26. The van der Waals surface area contributed by atoms with Crippen molar-refractivity contribution >= 4 is 39.4 Å². The lowest BCUT2D eigenvalue weighted by molar-refractivity contribution is -0.148. The van der Waals surface area contributed by atoms with Crippen LogP contribution in [0.3, 0.4) is 0 Å². The maximum Gasteiger partial charge on any atom is 0.329 e. The van der Waals surface area contributed by atoms with Gasteiger partial charge in [0.1, 0.15) is 11.3 Å². The van der Waals surface area contributed by atoms with Gasteiger partial charge in [-0.1, -0.05) is 18.5 Å². The minimum Gasteiger partial charge on any atom is -0.480 e. The highest BCUT2D eigenvalue weighted by Gasteiger charge is 2.34. The van der Waals surface area contributed by atoms with E-state index in [-0.39, 0.29) is 6.42 Å². The molecular formula is C14H17BrClNO4. The number of amides is 1. The molecule has 0 aliphatic heterocycles. The highest BCUT2D eigenvalue weighted by Crippen LogP contribution is 2.28. The molecule has 0 saturated carbocycles. The van der Waals surface area contributed by atoms with Gasteiger partial charge in [-0.3, -0.25) is 4.79 Å². The van der Waals surface area contributed by atoms with Gasteiger partial charge in [-0.15, -0.1) is 0 Å². The van der Waals surface area contributed by atoms with Crippen LogP contribution in [0.15, 0.2) is 22.7 Å². The Morgan fingerprint density at radius 1 is 1.52 bits per heavy atom. The van der Waals surface area contributed by atoms with E-state index < -0.39 is 23.5 Å². The summed E-state index contributed by atoms with van der Waals surface area (Å²) in [6, 6.07) is 4.92. The van der Waals surface area contributed by atoms with E-state index >= 15 is 0 Å². The van der Waals surface area contributed by atoms with E-state index in [4.69, 9.17) is 21.4 Å². The number of carbonyl (C=O) groups is 2. The summed E-state index contributed by atoms with van der Waals surface area (Å²) in [7, 11) is 0. The van der Waals surface area contributed by atoms with Gasteiger partial charge in [-0.25, -0.2) is 4.79 Å². The molecule has 7 heteroatoms. The van der Waals surface area contributed by atoms with E-state index in [0.29, 0.717) is 15.2 Å². The van der Waals surface area contributed by atoms with Gasteiger partial charge >= 0.3 is 5.97 Å². The Balaban J connectivity index is 2.77. The smallest absolute Gasteiger partial charge is 0.329 e. The molecule has 2 N–H and O–H groups in total. The van der Waals surface area contributed by atoms with Gasteiger partial charge in [0.2, 0.25) is 0 Å². The number of carboxylic acids is 1. The number of nitrogens with one attached hydrogen (secondary N) is 1. The number of aliphatic carboxylic acids is 1. The fourth-order valence-electron chi connectivity index (χ4n) is 1.48. The molecule has 0 aliphatic carbocycles. The van der Waals surface area contributed by atoms with Crippen LogP contribution in [0.2, 0.25) is 5.02 Å². The summed E-state index contributed by atoms with van der Waals surface area (Å²) in [6.07, 6.45) is -0.571. The molecule has 0 heterocycles. The molecule has 0 saturated heterocycles. The van der Waals surface area contributed by atoms with Crippen LogP contribution in [0.5, 0.6) is 5.75 Å². The topological polar surface area (TPSA) is 75.6 Å². The van der Waals surface area contributed by atoms with Crippen LogP contribution >= 0.6 is 27.5 Å². The molecular weight excluding hydrogens is 362 g/mol. The minimum absolute atomic E-state index is 0.269. The molecule has 0 aromatic heterocycles. The van der Waals surface area contributed by atoms with Crippen molar-refractivity contribution in [3.8, 4) is 5.75 Å². The first-order valence-electron chi connectivity index (χ1n) is 6.36. The molecule has 0 bridgehead atoms. The molecule has 1 rings (SSSR count). The predicted octanol–water partition coefficient (Wildman–Crippen LogP) is 3.24. The molecule has 2 atom stereocenters. The Morgan fingerprint density at radius 3 is 2.62 bits per heavy atom. The number of rotatable bonds is 6. The Hall–Kier alpha value is -1.27. The third-order valence-corrected chi connectivity index (χ3v) is 4.00. The van der Waals surface area contributed by atoms with Crippen LogP contribution in [0.4, 0.5) is 0 Å². The SMILES string of the molecule is CCC(C)(NC(=O)C(C)Oc1ccc(Cl)cc1Br)C(=O)O. The molecule has 21 heavy (non-hydrogen) atoms. The van der Waals surface area contributed by atoms with Gasteiger partial charge in [0, 0.05) is 5.02 Å². The zero-order valence-corrected chi connectivity index (χ0v) is 14.3. The summed E-state index contributed by atoms with van der Waals surface area (Å²) < 4.78 is 6.14. The molecule has 116 valence electrons. The van der Waals surface area contributed by atoms with E-state index in [0.717, 1.165) is 0 Å². The van der Waals surface area contributed by atoms with Crippen molar-refractivity contribution < 1.29 is 19.4 Å². The second-order valence-corrected chi connectivity index (χ2v) is 6.11. The van der Waals surface area contributed by atoms with E-state index in [1.54, 1.807) is 32.0 Å². The molecule has 0 fully saturated rings. The van der Waals surface area contributed by atoms with Crippen LogP contribution in [0.1, 0.15) is 27.2 Å². The largest absolute Gasteiger partial charge is 0.480 e. The lowest BCUT2D eigenvalue weighted by Crippen LogP contribution is -2.54. The Labute approximate surface area is 136 Å². The number of benzene rings is 1. The zero-order valence-electron chi connectivity index (χ0n) is 11.9. The van der Waals surface area contributed by atoms with Crippen molar-refractivity contribution in [1.82, 2.24) is 5.32 Å². The van der Waals surface area contributed by atoms with Crippen LogP contribution in [0.25, 0.3) is 0 Å². The first-order chi connectivity index (χ1) is 9.69. The van der Waals surface area contributed by atoms with Crippen LogP contribution in [-0.2, 0) is 9.59 Å². The first kappa shape index (κ1) is 17.8. The van der Waals surface area contributed by atoms with Gasteiger partial charge in [-0.2, -0.15) is 0 Å². The summed E-state index contributed by atoms with van der Waals surface area (Å²) in [5, 5.41) is 12.2. The lowest BCUT2D eigenvalue weighted by atomic mass is 9.99. The molecule has 0 spiro atoms. The van der Waals surface area contributed by atoms with Gasteiger partial charge in [0.05, 0.1) is 4.47 Å². The summed E-state index contributed by atoms with van der Waals surface area (Å²) in [6.45, 7) is 4.70. The minimum atomic E-state index is -1.31. The Bertz CT molecular complexity index is 552. The average Bonchev–Trinajstić information content (AvgIpc) is 2.41. The fourth-order valence-corrected chi connectivity index (χ4v) is 2.26. The normalized spacial score (nSPS) is 14.9. The summed E-state index contributed by atoms with van der Waals surface area (Å²) in [5.41, 5.74) is -1.31. The second kappa shape index (κ2) is 7.13. The van der Waals surface area contributed by atoms with Crippen molar-refractivity contribution in [3.05, 3.63) is 27.7 Å². The van der Waals surface area contributed by atoms with Crippen LogP contribution < -0.4 is 10.1 Å². The van der Waals surface area contributed by atoms with E-state index in [2.05, 4.69) is 21.2 Å². The van der Waals surface area contributed by atoms with Gasteiger partial charge < -0.3 is 15.2 Å². The Morgan fingerprint density at radius 2 is 2.14 bits per heavy atom. The number of ether oxygens (including phenoxy) is 1. The molecule has 1 aromatic rings. The van der Waals surface area contributed by atoms with Crippen molar-refractivity contribution in [2.75, 3.05) is 0 Å². The van der Waals surface area contributed by atoms with E-state index in [9.17, 15) is 9.59 Å². The molecule has 1 amide bonds. The quantitative estimate of drug-likeness (QED) is 0.797. The molecule has 1 aromatic carbocycles. The second-order valence-electron chi connectivity index (χ2n) is 4.81. The number of carboxylic acid groups (broad SMARTS) is 1. The molecule has 0 aliphatic rings. The zero-order chi connectivity index (χ0) is 16.2. The van der Waals surface area contributed by atoms with Gasteiger partial charge in [-0.05, 0) is 54.4 Å². The maximum atomic E-state index is 12.1. The maximum absolute atomic E-state index is 12.1. The average molecular weight is 379 g/mol. The highest BCUT2D eigenvalue weighted by atomic mass is 79.9. The fraction of sp³-hybridized carbons (Fsp3) is 0.429. The third-order valence-electron chi connectivity index (χ3n) is 3.15. The standard InChI is InChI=1S/C14H17BrClNO4/c1-4-14(3,13(19)20)17-12(18)8(2)21-11-6-5-9(16)7-10(11)15/h5-8H,4H2,1-3H3,(H,17,18)(H,19,20). The predicted molar refractivity (Wildman–Crippen MR) is 83.7 cm³/mol. The van der Waals surface area contributed by atoms with Crippen molar-refractivity contribution in [3.63, 3.8) is 0 Å².